The third kappa shape index (κ3) is 4.65. The average molecular weight is 686 g/mol. The minimum atomic E-state index is 1.14. The van der Waals surface area contributed by atoms with Gasteiger partial charge in [-0.3, -0.25) is 0 Å². The van der Waals surface area contributed by atoms with Crippen LogP contribution in [0.1, 0.15) is 12.6 Å². The van der Waals surface area contributed by atoms with Crippen molar-refractivity contribution in [3.05, 3.63) is 169 Å². The van der Waals surface area contributed by atoms with Crippen LogP contribution in [0.4, 0.5) is 5.69 Å². The minimum absolute atomic E-state index is 1.14. The molecule has 3 nitrogen and oxygen atoms in total. The Morgan fingerprint density at radius 3 is 1.96 bits per heavy atom. The number of hydrogen-bond acceptors (Lipinski definition) is 2. The molecule has 0 spiro atoms. The molecule has 3 aromatic heterocycles. The van der Waals surface area contributed by atoms with Crippen molar-refractivity contribution in [1.82, 2.24) is 9.13 Å². The van der Waals surface area contributed by atoms with Crippen LogP contribution >= 0.6 is 11.3 Å². The first-order valence-electron chi connectivity index (χ1n) is 17.8. The van der Waals surface area contributed by atoms with Crippen molar-refractivity contribution in [2.24, 2.45) is 0 Å². The molecule has 0 saturated heterocycles. The lowest BCUT2D eigenvalue weighted by Crippen LogP contribution is -1.99. The Kier molecular flexibility index (Phi) is 7.12. The summed E-state index contributed by atoms with van der Waals surface area (Å²) >= 11 is 1.88. The first-order valence-corrected chi connectivity index (χ1v) is 18.6. The number of benzene rings is 7. The zero-order valence-electron chi connectivity index (χ0n) is 29.0. The van der Waals surface area contributed by atoms with Crippen LogP contribution in [0, 0.1) is 0 Å². The van der Waals surface area contributed by atoms with E-state index in [0.29, 0.717) is 0 Å². The number of para-hydroxylation sites is 2. The number of nitrogens with one attached hydrogen (secondary N) is 1. The smallest absolute Gasteiger partial charge is 0.0697 e. The topological polar surface area (TPSA) is 21.9 Å². The molecule has 0 aliphatic carbocycles. The Morgan fingerprint density at radius 1 is 0.500 bits per heavy atom. The van der Waals surface area contributed by atoms with Gasteiger partial charge in [0.1, 0.15) is 0 Å². The zero-order chi connectivity index (χ0) is 34.8. The van der Waals surface area contributed by atoms with E-state index in [4.69, 9.17) is 0 Å². The van der Waals surface area contributed by atoms with E-state index < -0.39 is 0 Å². The Balaban J connectivity index is 1.11. The Hall–Kier alpha value is -6.36. The van der Waals surface area contributed by atoms with E-state index in [1.165, 1.54) is 75.1 Å². The van der Waals surface area contributed by atoms with Gasteiger partial charge in [0, 0.05) is 54.8 Å². The van der Waals surface area contributed by atoms with Crippen molar-refractivity contribution >= 4 is 76.0 Å². The quantitative estimate of drug-likeness (QED) is 0.185. The van der Waals surface area contributed by atoms with Gasteiger partial charge in [-0.15, -0.1) is 11.3 Å². The first kappa shape index (κ1) is 30.5. The van der Waals surface area contributed by atoms with Crippen LogP contribution < -0.4 is 5.32 Å². The third-order valence-electron chi connectivity index (χ3n) is 10.4. The number of rotatable bonds is 6. The van der Waals surface area contributed by atoms with E-state index in [9.17, 15) is 0 Å². The lowest BCUT2D eigenvalue weighted by molar-refractivity contribution is 1.11. The van der Waals surface area contributed by atoms with Gasteiger partial charge in [-0.1, -0.05) is 109 Å². The van der Waals surface area contributed by atoms with Crippen molar-refractivity contribution in [3.63, 3.8) is 0 Å². The molecule has 4 heteroatoms. The van der Waals surface area contributed by atoms with Gasteiger partial charge in [0.25, 0.3) is 0 Å². The van der Waals surface area contributed by atoms with Crippen LogP contribution in [-0.4, -0.2) is 16.2 Å². The highest BCUT2D eigenvalue weighted by molar-refractivity contribution is 7.26. The largest absolute Gasteiger partial charge is 0.386 e. The Bertz CT molecular complexity index is 3020. The lowest BCUT2D eigenvalue weighted by atomic mass is 9.97. The summed E-state index contributed by atoms with van der Waals surface area (Å²) in [4.78, 5) is 0. The highest BCUT2D eigenvalue weighted by atomic mass is 32.1. The fraction of sp³-hybridized carbons (Fsp3) is 0.0417. The molecule has 0 bridgehead atoms. The second-order valence-corrected chi connectivity index (χ2v) is 14.4. The molecule has 0 fully saturated rings. The molecule has 10 rings (SSSR count). The maximum Gasteiger partial charge on any atom is 0.0697 e. The van der Waals surface area contributed by atoms with Gasteiger partial charge < -0.3 is 14.5 Å². The van der Waals surface area contributed by atoms with Crippen molar-refractivity contribution in [1.29, 1.82) is 0 Å². The fourth-order valence-corrected chi connectivity index (χ4v) is 9.40. The number of allylic oxidation sites excluding steroid dienone is 1. The van der Waals surface area contributed by atoms with E-state index >= 15 is 0 Å². The number of aromatic nitrogens is 2. The van der Waals surface area contributed by atoms with E-state index in [-0.39, 0.29) is 0 Å². The molecule has 0 amide bonds. The molecular formula is C48H35N3S. The van der Waals surface area contributed by atoms with Gasteiger partial charge in [-0.2, -0.15) is 0 Å². The lowest BCUT2D eigenvalue weighted by Gasteiger charge is -2.13. The number of fused-ring (bicyclic) bond motifs is 7. The van der Waals surface area contributed by atoms with Gasteiger partial charge >= 0.3 is 0 Å². The summed E-state index contributed by atoms with van der Waals surface area (Å²) in [6.07, 6.45) is 4.31. The third-order valence-corrected chi connectivity index (χ3v) is 11.6. The summed E-state index contributed by atoms with van der Waals surface area (Å²) in [5.41, 5.74) is 13.0. The molecule has 52 heavy (non-hydrogen) atoms. The maximum atomic E-state index is 3.47. The van der Waals surface area contributed by atoms with Crippen molar-refractivity contribution in [3.8, 4) is 33.6 Å². The molecule has 0 unspecified atom stereocenters. The standard InChI is InChI=1S/C48H35N3S/c1-3-13-45-47(49-2)40-20-5-8-24-43(40)51(45)35-26-27-44-41(30-35)37-18-4-7-23-42(37)50(44)34-17-11-15-32(29-34)31-14-10-16-33(28-31)36-21-12-22-39-38-19-6-9-25-46(38)52-48(36)39/h3-30,49H,1-2H3. The second kappa shape index (κ2) is 12.2. The highest BCUT2D eigenvalue weighted by Crippen LogP contribution is 2.42. The predicted octanol–water partition coefficient (Wildman–Crippen LogP) is 13.5. The minimum Gasteiger partial charge on any atom is -0.386 e. The number of nitrogens with zero attached hydrogens (tertiary/aromatic N) is 2. The molecule has 0 saturated carbocycles. The molecule has 0 aliphatic heterocycles. The molecule has 10 aromatic rings. The van der Waals surface area contributed by atoms with Crippen LogP contribution in [0.5, 0.6) is 0 Å². The summed E-state index contributed by atoms with van der Waals surface area (Å²) in [6, 6.07) is 57.7. The van der Waals surface area contributed by atoms with Gasteiger partial charge in [0.05, 0.1) is 27.9 Å². The van der Waals surface area contributed by atoms with E-state index in [1.807, 2.05) is 18.4 Å². The molecule has 0 aliphatic rings. The summed E-state index contributed by atoms with van der Waals surface area (Å²) in [6.45, 7) is 2.08. The van der Waals surface area contributed by atoms with Crippen molar-refractivity contribution in [2.75, 3.05) is 12.4 Å². The maximum absolute atomic E-state index is 3.47. The van der Waals surface area contributed by atoms with E-state index in [2.05, 4.69) is 191 Å². The van der Waals surface area contributed by atoms with Gasteiger partial charge in [0.15, 0.2) is 0 Å². The number of hydrogen-bond donors (Lipinski definition) is 1. The molecule has 3 heterocycles. The van der Waals surface area contributed by atoms with Gasteiger partial charge in [-0.25, -0.2) is 0 Å². The Labute approximate surface area is 306 Å². The normalized spacial score (nSPS) is 12.0. The van der Waals surface area contributed by atoms with Crippen LogP contribution in [0.3, 0.4) is 0 Å². The van der Waals surface area contributed by atoms with E-state index in [0.717, 1.165) is 22.8 Å². The van der Waals surface area contributed by atoms with Gasteiger partial charge in [-0.05, 0) is 89.9 Å². The molecule has 1 N–H and O–H groups in total. The van der Waals surface area contributed by atoms with Crippen LogP contribution in [0.2, 0.25) is 0 Å². The summed E-state index contributed by atoms with van der Waals surface area (Å²) in [7, 11) is 2.01. The fourth-order valence-electron chi connectivity index (χ4n) is 8.16. The molecule has 248 valence electrons. The molecule has 7 aromatic carbocycles. The van der Waals surface area contributed by atoms with Crippen molar-refractivity contribution < 1.29 is 0 Å². The summed E-state index contributed by atoms with van der Waals surface area (Å²) in [5.74, 6) is 0. The van der Waals surface area contributed by atoms with Crippen LogP contribution in [-0.2, 0) is 0 Å². The summed E-state index contributed by atoms with van der Waals surface area (Å²) in [5, 5.41) is 9.80. The zero-order valence-corrected chi connectivity index (χ0v) is 29.8. The highest BCUT2D eigenvalue weighted by Gasteiger charge is 2.19. The number of thiophene rings is 1. The SMILES string of the molecule is CC=Cc1c(NC)c2ccccc2n1-c1ccc2c(c1)c1ccccc1n2-c1cccc(-c2cccc(-c3cccc4c3sc3ccccc34)c2)c1. The van der Waals surface area contributed by atoms with Crippen molar-refractivity contribution in [2.45, 2.75) is 6.92 Å². The number of anilines is 1. The molecular weight excluding hydrogens is 651 g/mol. The molecule has 0 radical (unpaired) electrons. The van der Waals surface area contributed by atoms with Crippen LogP contribution in [0.25, 0.3) is 92.6 Å². The van der Waals surface area contributed by atoms with Crippen LogP contribution in [0.15, 0.2) is 164 Å². The van der Waals surface area contributed by atoms with E-state index in [1.54, 1.807) is 0 Å². The van der Waals surface area contributed by atoms with Gasteiger partial charge in [0.2, 0.25) is 0 Å². The predicted molar refractivity (Wildman–Crippen MR) is 226 cm³/mol. The monoisotopic (exact) mass is 685 g/mol. The Morgan fingerprint density at radius 2 is 1.13 bits per heavy atom. The summed E-state index contributed by atoms with van der Waals surface area (Å²) < 4.78 is 7.46. The molecule has 0 atom stereocenters. The first-order chi connectivity index (χ1) is 25.7. The average Bonchev–Trinajstić information content (AvgIpc) is 3.85. The second-order valence-electron chi connectivity index (χ2n) is 13.3.